The zero-order chi connectivity index (χ0) is 15.7. The van der Waals surface area contributed by atoms with Gasteiger partial charge < -0.3 is 10.4 Å². The molecule has 0 heterocycles. The van der Waals surface area contributed by atoms with Crippen molar-refractivity contribution in [1.29, 1.82) is 0 Å². The molecule has 0 bridgehead atoms. The third-order valence-electron chi connectivity index (χ3n) is 3.28. The molecule has 1 amide bonds. The number of aryl methyl sites for hydroxylation is 1. The van der Waals surface area contributed by atoms with Gasteiger partial charge in [-0.15, -0.1) is 0 Å². The summed E-state index contributed by atoms with van der Waals surface area (Å²) in [6.07, 6.45) is 3.36. The SMILES string of the molecule is Cc1cc(C(=O)NCCCCC(C)C)ccc1C#CCO. The monoisotopic (exact) mass is 287 g/mol. The van der Waals surface area contributed by atoms with Gasteiger partial charge in [-0.1, -0.05) is 38.5 Å². The summed E-state index contributed by atoms with van der Waals surface area (Å²) in [6.45, 7) is 6.90. The van der Waals surface area contributed by atoms with E-state index in [1.54, 1.807) is 6.07 Å². The van der Waals surface area contributed by atoms with Crippen LogP contribution in [0.2, 0.25) is 0 Å². The van der Waals surface area contributed by atoms with E-state index in [4.69, 9.17) is 5.11 Å². The summed E-state index contributed by atoms with van der Waals surface area (Å²) >= 11 is 0. The number of hydrogen-bond donors (Lipinski definition) is 2. The molecule has 114 valence electrons. The lowest BCUT2D eigenvalue weighted by molar-refractivity contribution is 0.0953. The smallest absolute Gasteiger partial charge is 0.251 e. The lowest BCUT2D eigenvalue weighted by atomic mass is 10.0. The maximum atomic E-state index is 12.0. The number of benzene rings is 1. The van der Waals surface area contributed by atoms with Crippen molar-refractivity contribution in [3.8, 4) is 11.8 Å². The van der Waals surface area contributed by atoms with Crippen LogP contribution in [-0.4, -0.2) is 24.2 Å². The second kappa shape index (κ2) is 9.20. The molecule has 2 N–H and O–H groups in total. The molecule has 1 rings (SSSR count). The Morgan fingerprint density at radius 2 is 2.10 bits per heavy atom. The molecule has 0 atom stereocenters. The van der Waals surface area contributed by atoms with E-state index in [0.29, 0.717) is 5.56 Å². The number of carbonyl (C=O) groups excluding carboxylic acids is 1. The molecule has 0 saturated carbocycles. The van der Waals surface area contributed by atoms with Gasteiger partial charge in [-0.2, -0.15) is 0 Å². The van der Waals surface area contributed by atoms with Gasteiger partial charge in [0.2, 0.25) is 0 Å². The summed E-state index contributed by atoms with van der Waals surface area (Å²) < 4.78 is 0. The maximum absolute atomic E-state index is 12.0. The molecule has 1 aromatic carbocycles. The Hall–Kier alpha value is -1.79. The average Bonchev–Trinajstić information content (AvgIpc) is 2.45. The lowest BCUT2D eigenvalue weighted by Gasteiger charge is -2.08. The molecule has 3 nitrogen and oxygen atoms in total. The van der Waals surface area contributed by atoms with Gasteiger partial charge in [-0.25, -0.2) is 0 Å². The van der Waals surface area contributed by atoms with Crippen LogP contribution in [0.4, 0.5) is 0 Å². The molecule has 0 aliphatic rings. The molecule has 0 aromatic heterocycles. The summed E-state index contributed by atoms with van der Waals surface area (Å²) in [5.74, 6) is 6.16. The van der Waals surface area contributed by atoms with Crippen LogP contribution in [0.15, 0.2) is 18.2 Å². The van der Waals surface area contributed by atoms with Crippen LogP contribution in [0, 0.1) is 24.7 Å². The fourth-order valence-corrected chi connectivity index (χ4v) is 2.06. The summed E-state index contributed by atoms with van der Waals surface area (Å²) in [5, 5.41) is 11.6. The molecule has 0 radical (unpaired) electrons. The second-order valence-corrected chi connectivity index (χ2v) is 5.64. The Balaban J connectivity index is 2.49. The Bertz CT molecular complexity index is 524. The summed E-state index contributed by atoms with van der Waals surface area (Å²) in [5.41, 5.74) is 2.45. The van der Waals surface area contributed by atoms with E-state index in [9.17, 15) is 4.79 Å². The van der Waals surface area contributed by atoms with Crippen molar-refractivity contribution in [2.24, 2.45) is 5.92 Å². The summed E-state index contributed by atoms with van der Waals surface area (Å²) in [7, 11) is 0. The molecular weight excluding hydrogens is 262 g/mol. The van der Waals surface area contributed by atoms with Crippen molar-refractivity contribution in [2.45, 2.75) is 40.0 Å². The molecule has 3 heteroatoms. The fourth-order valence-electron chi connectivity index (χ4n) is 2.06. The van der Waals surface area contributed by atoms with Crippen molar-refractivity contribution in [3.05, 3.63) is 34.9 Å². The zero-order valence-electron chi connectivity index (χ0n) is 13.2. The van der Waals surface area contributed by atoms with E-state index in [0.717, 1.165) is 36.4 Å². The number of amides is 1. The highest BCUT2D eigenvalue weighted by Crippen LogP contribution is 2.10. The van der Waals surface area contributed by atoms with Gasteiger partial charge in [0.25, 0.3) is 5.91 Å². The number of hydrogen-bond acceptors (Lipinski definition) is 2. The third-order valence-corrected chi connectivity index (χ3v) is 3.28. The highest BCUT2D eigenvalue weighted by Gasteiger charge is 2.06. The Morgan fingerprint density at radius 3 is 2.71 bits per heavy atom. The quantitative estimate of drug-likeness (QED) is 0.624. The zero-order valence-corrected chi connectivity index (χ0v) is 13.2. The first-order chi connectivity index (χ1) is 10.0. The number of aliphatic hydroxyl groups is 1. The number of carbonyl (C=O) groups is 1. The van der Waals surface area contributed by atoms with E-state index in [2.05, 4.69) is 31.0 Å². The van der Waals surface area contributed by atoms with E-state index in [1.165, 1.54) is 6.42 Å². The Labute approximate surface area is 127 Å². The predicted molar refractivity (Wildman–Crippen MR) is 86.2 cm³/mol. The van der Waals surface area contributed by atoms with Crippen molar-refractivity contribution in [2.75, 3.05) is 13.2 Å². The van der Waals surface area contributed by atoms with Gasteiger partial charge in [0.1, 0.15) is 6.61 Å². The number of unbranched alkanes of at least 4 members (excludes halogenated alkanes) is 1. The van der Waals surface area contributed by atoms with Crippen molar-refractivity contribution >= 4 is 5.91 Å². The molecule has 0 saturated heterocycles. The first-order valence-corrected chi connectivity index (χ1v) is 7.53. The van der Waals surface area contributed by atoms with Crippen LogP contribution in [0.5, 0.6) is 0 Å². The number of rotatable bonds is 6. The highest BCUT2D eigenvalue weighted by molar-refractivity contribution is 5.94. The molecule has 0 spiro atoms. The highest BCUT2D eigenvalue weighted by atomic mass is 16.2. The number of aliphatic hydroxyl groups excluding tert-OH is 1. The van der Waals surface area contributed by atoms with Crippen molar-refractivity contribution in [1.82, 2.24) is 5.32 Å². The lowest BCUT2D eigenvalue weighted by Crippen LogP contribution is -2.24. The predicted octanol–water partition coefficient (Wildman–Crippen LogP) is 2.89. The maximum Gasteiger partial charge on any atom is 0.251 e. The minimum absolute atomic E-state index is 0.0377. The van der Waals surface area contributed by atoms with Crippen LogP contribution in [-0.2, 0) is 0 Å². The molecule has 0 aliphatic carbocycles. The molecular formula is C18H25NO2. The molecule has 1 aromatic rings. The van der Waals surface area contributed by atoms with Crippen LogP contribution >= 0.6 is 0 Å². The van der Waals surface area contributed by atoms with Crippen LogP contribution in [0.3, 0.4) is 0 Å². The summed E-state index contributed by atoms with van der Waals surface area (Å²) in [4.78, 5) is 12.0. The van der Waals surface area contributed by atoms with Gasteiger partial charge in [-0.3, -0.25) is 4.79 Å². The van der Waals surface area contributed by atoms with Gasteiger partial charge in [0.05, 0.1) is 0 Å². The fraction of sp³-hybridized carbons (Fsp3) is 0.500. The Morgan fingerprint density at radius 1 is 1.33 bits per heavy atom. The van der Waals surface area contributed by atoms with Crippen LogP contribution in [0.25, 0.3) is 0 Å². The molecule has 21 heavy (non-hydrogen) atoms. The van der Waals surface area contributed by atoms with Gasteiger partial charge in [0, 0.05) is 17.7 Å². The van der Waals surface area contributed by atoms with E-state index in [-0.39, 0.29) is 12.5 Å². The first-order valence-electron chi connectivity index (χ1n) is 7.53. The van der Waals surface area contributed by atoms with E-state index >= 15 is 0 Å². The minimum atomic E-state index is -0.155. The van der Waals surface area contributed by atoms with E-state index < -0.39 is 0 Å². The minimum Gasteiger partial charge on any atom is -0.384 e. The van der Waals surface area contributed by atoms with E-state index in [1.807, 2.05) is 19.1 Å². The average molecular weight is 287 g/mol. The normalized spacial score (nSPS) is 10.1. The summed E-state index contributed by atoms with van der Waals surface area (Å²) in [6, 6.07) is 5.44. The first kappa shape index (κ1) is 17.3. The molecule has 0 aliphatic heterocycles. The van der Waals surface area contributed by atoms with Gasteiger partial charge in [-0.05, 0) is 43.0 Å². The van der Waals surface area contributed by atoms with Gasteiger partial charge >= 0.3 is 0 Å². The van der Waals surface area contributed by atoms with Crippen LogP contribution < -0.4 is 5.32 Å². The molecule has 0 fully saturated rings. The second-order valence-electron chi connectivity index (χ2n) is 5.64. The third kappa shape index (κ3) is 6.46. The van der Waals surface area contributed by atoms with Gasteiger partial charge in [0.15, 0.2) is 0 Å². The topological polar surface area (TPSA) is 49.3 Å². The van der Waals surface area contributed by atoms with Crippen molar-refractivity contribution < 1.29 is 9.90 Å². The standard InChI is InChI=1S/C18H25NO2/c1-14(2)7-4-5-11-19-18(21)17-10-9-16(8-6-12-20)15(3)13-17/h9-10,13-14,20H,4-5,7,11-12H2,1-3H3,(H,19,21). The number of nitrogens with one attached hydrogen (secondary N) is 1. The molecule has 0 unspecified atom stereocenters. The van der Waals surface area contributed by atoms with Crippen LogP contribution in [0.1, 0.15) is 54.6 Å². The van der Waals surface area contributed by atoms with Crippen molar-refractivity contribution in [3.63, 3.8) is 0 Å². The largest absolute Gasteiger partial charge is 0.384 e. The Kier molecular flexibility index (Phi) is 7.56.